The number of thiophene rings is 1. The molecule has 0 unspecified atom stereocenters. The van der Waals surface area contributed by atoms with E-state index in [0.29, 0.717) is 5.56 Å². The van der Waals surface area contributed by atoms with Crippen molar-refractivity contribution in [1.29, 1.82) is 0 Å². The van der Waals surface area contributed by atoms with Gasteiger partial charge < -0.3 is 10.3 Å². The molecule has 2 heterocycles. The number of carbonyl (C=O) groups is 2. The lowest BCUT2D eigenvalue weighted by molar-refractivity contribution is -0.117. The fraction of sp³-hybridized carbons (Fsp3) is 0. The summed E-state index contributed by atoms with van der Waals surface area (Å²) in [4.78, 5) is 28.6. The average Bonchev–Trinajstić information content (AvgIpc) is 3.36. The first-order valence-electron chi connectivity index (χ1n) is 7.81. The number of nitrogens with zero attached hydrogens (tertiary/aromatic N) is 1. The highest BCUT2D eigenvalue weighted by atomic mass is 32.1. The maximum atomic E-state index is 12.5. The number of H-pyrrole nitrogens is 1. The van der Waals surface area contributed by atoms with Crippen molar-refractivity contribution in [2.24, 2.45) is 5.10 Å². The highest BCUT2D eigenvalue weighted by Crippen LogP contribution is 2.13. The molecule has 0 saturated heterocycles. The summed E-state index contributed by atoms with van der Waals surface area (Å²) in [6, 6.07) is 16.1. The first-order chi connectivity index (χ1) is 12.7. The smallest absolute Gasteiger partial charge is 0.287 e. The molecule has 0 bridgehead atoms. The van der Waals surface area contributed by atoms with Gasteiger partial charge in [-0.15, -0.1) is 11.3 Å². The molecule has 2 aromatic heterocycles. The van der Waals surface area contributed by atoms with E-state index in [4.69, 9.17) is 0 Å². The van der Waals surface area contributed by atoms with Crippen LogP contribution in [0.3, 0.4) is 0 Å². The van der Waals surface area contributed by atoms with E-state index in [2.05, 4.69) is 20.8 Å². The summed E-state index contributed by atoms with van der Waals surface area (Å²) in [5, 5.41) is 8.44. The van der Waals surface area contributed by atoms with Gasteiger partial charge in [-0.2, -0.15) is 5.10 Å². The summed E-state index contributed by atoms with van der Waals surface area (Å²) in [6.07, 6.45) is 4.86. The lowest BCUT2D eigenvalue weighted by Gasteiger charge is -2.08. The third kappa shape index (κ3) is 4.78. The molecule has 7 heteroatoms. The normalized spacial score (nSPS) is 11.5. The number of hydrogen-bond acceptors (Lipinski definition) is 4. The van der Waals surface area contributed by atoms with Crippen LogP contribution in [-0.2, 0) is 4.79 Å². The summed E-state index contributed by atoms with van der Waals surface area (Å²) >= 11 is 1.46. The number of nitrogens with one attached hydrogen (secondary N) is 3. The first-order valence-corrected chi connectivity index (χ1v) is 8.69. The number of rotatable bonds is 6. The maximum absolute atomic E-state index is 12.5. The Labute approximate surface area is 154 Å². The van der Waals surface area contributed by atoms with Crippen LogP contribution < -0.4 is 10.7 Å². The number of hydrazone groups is 1. The molecule has 0 radical (unpaired) electrons. The largest absolute Gasteiger partial charge is 0.360 e. The molecule has 6 nitrogen and oxygen atoms in total. The second kappa shape index (κ2) is 8.59. The summed E-state index contributed by atoms with van der Waals surface area (Å²) in [5.41, 5.74) is 3.76. The predicted octanol–water partition coefficient (Wildman–Crippen LogP) is 3.00. The number of carbonyl (C=O) groups excluding carboxylic acids is 2. The fourth-order valence-electron chi connectivity index (χ4n) is 2.10. The van der Waals surface area contributed by atoms with Gasteiger partial charge >= 0.3 is 0 Å². The van der Waals surface area contributed by atoms with Crippen LogP contribution in [0.1, 0.15) is 20.9 Å². The van der Waals surface area contributed by atoms with Gasteiger partial charge in [0.05, 0.1) is 11.9 Å². The molecule has 3 N–H and O–H groups in total. The number of benzene rings is 1. The van der Waals surface area contributed by atoms with Crippen LogP contribution in [0.5, 0.6) is 0 Å². The number of aromatic nitrogens is 1. The molecular formula is C19H16N4O2S. The van der Waals surface area contributed by atoms with Crippen LogP contribution in [0, 0.1) is 0 Å². The number of amides is 2. The van der Waals surface area contributed by atoms with Crippen molar-refractivity contribution in [3.05, 3.63) is 88.0 Å². The molecule has 0 aliphatic heterocycles. The van der Waals surface area contributed by atoms with Gasteiger partial charge in [0, 0.05) is 16.6 Å². The highest BCUT2D eigenvalue weighted by molar-refractivity contribution is 7.10. The molecular weight excluding hydrogens is 348 g/mol. The van der Waals surface area contributed by atoms with Gasteiger partial charge in [0.2, 0.25) is 0 Å². The van der Waals surface area contributed by atoms with Gasteiger partial charge in [-0.1, -0.05) is 24.3 Å². The van der Waals surface area contributed by atoms with Crippen molar-refractivity contribution >= 4 is 35.4 Å². The van der Waals surface area contributed by atoms with Crippen molar-refractivity contribution in [3.63, 3.8) is 0 Å². The Morgan fingerprint density at radius 2 is 1.88 bits per heavy atom. The zero-order valence-corrected chi connectivity index (χ0v) is 14.5. The molecule has 1 aromatic carbocycles. The van der Waals surface area contributed by atoms with Crippen molar-refractivity contribution in [2.45, 2.75) is 0 Å². The Bertz CT molecular complexity index is 914. The van der Waals surface area contributed by atoms with Gasteiger partial charge in [-0.3, -0.25) is 9.59 Å². The minimum Gasteiger partial charge on any atom is -0.360 e. The predicted molar refractivity (Wildman–Crippen MR) is 103 cm³/mol. The summed E-state index contributed by atoms with van der Waals surface area (Å²) in [6.45, 7) is 0. The van der Waals surface area contributed by atoms with Crippen molar-refractivity contribution < 1.29 is 9.59 Å². The second-order valence-corrected chi connectivity index (χ2v) is 6.20. The Kier molecular flexibility index (Phi) is 5.74. The fourth-order valence-corrected chi connectivity index (χ4v) is 2.76. The van der Waals surface area contributed by atoms with Crippen molar-refractivity contribution in [1.82, 2.24) is 15.7 Å². The van der Waals surface area contributed by atoms with E-state index in [9.17, 15) is 9.59 Å². The van der Waals surface area contributed by atoms with Crippen LogP contribution in [0.4, 0.5) is 0 Å². The van der Waals surface area contributed by atoms with Crippen molar-refractivity contribution in [3.8, 4) is 0 Å². The van der Waals surface area contributed by atoms with Crippen LogP contribution in [-0.4, -0.2) is 23.0 Å². The molecule has 2 amide bonds. The minimum absolute atomic E-state index is 0.116. The molecule has 0 fully saturated rings. The molecule has 3 rings (SSSR count). The lowest BCUT2D eigenvalue weighted by Crippen LogP contribution is -2.32. The van der Waals surface area contributed by atoms with Gasteiger partial charge in [-0.05, 0) is 41.8 Å². The zero-order chi connectivity index (χ0) is 18.2. The van der Waals surface area contributed by atoms with Gasteiger partial charge in [0.25, 0.3) is 11.8 Å². The Morgan fingerprint density at radius 3 is 2.58 bits per heavy atom. The molecule has 0 spiro atoms. The van der Waals surface area contributed by atoms with Gasteiger partial charge in [-0.25, -0.2) is 5.43 Å². The third-order valence-electron chi connectivity index (χ3n) is 3.35. The standard InChI is InChI=1S/C19H16N4O2S/c24-18(14-6-2-1-3-7-14)22-17(12-16-9-5-11-26-16)19(25)23-21-13-15-8-4-10-20-15/h1-13,20H,(H,22,24)(H,23,25)/b17-12+,21-13+. The lowest BCUT2D eigenvalue weighted by atomic mass is 10.2. The Balaban J connectivity index is 1.75. The van der Waals surface area contributed by atoms with E-state index in [-0.39, 0.29) is 11.6 Å². The van der Waals surface area contributed by atoms with Crippen LogP contribution in [0.25, 0.3) is 6.08 Å². The molecule has 0 atom stereocenters. The highest BCUT2D eigenvalue weighted by Gasteiger charge is 2.14. The number of aromatic amines is 1. The maximum Gasteiger partial charge on any atom is 0.287 e. The Morgan fingerprint density at radius 1 is 1.04 bits per heavy atom. The monoisotopic (exact) mass is 364 g/mol. The summed E-state index contributed by atoms with van der Waals surface area (Å²) in [5.74, 6) is -0.873. The van der Waals surface area contributed by atoms with Crippen LogP contribution >= 0.6 is 11.3 Å². The Hall–Kier alpha value is -3.45. The molecule has 26 heavy (non-hydrogen) atoms. The van der Waals surface area contributed by atoms with E-state index < -0.39 is 5.91 Å². The van der Waals surface area contributed by atoms with E-state index in [1.54, 1.807) is 36.5 Å². The molecule has 3 aromatic rings. The summed E-state index contributed by atoms with van der Waals surface area (Å²) < 4.78 is 0. The van der Waals surface area contributed by atoms with Gasteiger partial charge in [0.1, 0.15) is 5.70 Å². The molecule has 0 aliphatic rings. The summed E-state index contributed by atoms with van der Waals surface area (Å²) in [7, 11) is 0. The average molecular weight is 364 g/mol. The van der Waals surface area contributed by atoms with Gasteiger partial charge in [0.15, 0.2) is 0 Å². The van der Waals surface area contributed by atoms with E-state index >= 15 is 0 Å². The van der Waals surface area contributed by atoms with E-state index in [0.717, 1.165) is 10.6 Å². The molecule has 0 saturated carbocycles. The topological polar surface area (TPSA) is 86.3 Å². The molecule has 0 aliphatic carbocycles. The quantitative estimate of drug-likeness (QED) is 0.357. The zero-order valence-electron chi connectivity index (χ0n) is 13.7. The molecule has 130 valence electrons. The number of hydrogen-bond donors (Lipinski definition) is 3. The van der Waals surface area contributed by atoms with Crippen LogP contribution in [0.2, 0.25) is 0 Å². The first kappa shape index (κ1) is 17.4. The van der Waals surface area contributed by atoms with E-state index in [1.165, 1.54) is 17.6 Å². The minimum atomic E-state index is -0.509. The van der Waals surface area contributed by atoms with Crippen molar-refractivity contribution in [2.75, 3.05) is 0 Å². The SMILES string of the molecule is O=C(N/N=C/c1ccc[nH]1)/C(=C\c1cccs1)NC(=O)c1ccccc1. The second-order valence-electron chi connectivity index (χ2n) is 5.22. The van der Waals surface area contributed by atoms with E-state index in [1.807, 2.05) is 35.7 Å². The van der Waals surface area contributed by atoms with Crippen LogP contribution in [0.15, 0.2) is 77.0 Å². The third-order valence-corrected chi connectivity index (χ3v) is 4.17.